The second-order valence-corrected chi connectivity index (χ2v) is 11.8. The van der Waals surface area contributed by atoms with E-state index in [0.717, 1.165) is 28.4 Å². The van der Waals surface area contributed by atoms with Gasteiger partial charge in [0.15, 0.2) is 26.5 Å². The third kappa shape index (κ3) is 7.00. The number of fused-ring (bicyclic) bond motifs is 2. The average Bonchev–Trinajstić information content (AvgIpc) is 2.80. The van der Waals surface area contributed by atoms with Crippen molar-refractivity contribution in [2.24, 2.45) is 0 Å². The topological polar surface area (TPSA) is 105 Å². The molecule has 7 nitrogen and oxygen atoms in total. The number of para-hydroxylation sites is 2. The van der Waals surface area contributed by atoms with Crippen molar-refractivity contribution in [2.75, 3.05) is 6.61 Å². The fourth-order valence-corrected chi connectivity index (χ4v) is 6.14. The number of alkyl halides is 3. The van der Waals surface area contributed by atoms with E-state index in [2.05, 4.69) is 55.6 Å². The number of carbonyl (C=O) groups is 1. The molecule has 1 N–H and O–H groups in total. The number of halogens is 3. The first-order valence-electron chi connectivity index (χ1n) is 11.3. The summed E-state index contributed by atoms with van der Waals surface area (Å²) in [5, 5.41) is 2.86. The third-order valence-electron chi connectivity index (χ3n) is 5.24. The van der Waals surface area contributed by atoms with Gasteiger partial charge in [-0.2, -0.15) is 13.2 Å². The summed E-state index contributed by atoms with van der Waals surface area (Å²) in [5.74, 6) is 2.67. The van der Waals surface area contributed by atoms with Gasteiger partial charge in [-0.3, -0.25) is 4.79 Å². The Balaban J connectivity index is 0.000000436. The molecule has 1 atom stereocenters. The lowest BCUT2D eigenvalue weighted by atomic mass is 10.1. The molecule has 1 unspecified atom stereocenters. The van der Waals surface area contributed by atoms with Crippen LogP contribution in [0, 0.1) is 13.8 Å². The molecule has 0 aliphatic carbocycles. The second-order valence-electron chi connectivity index (χ2n) is 8.50. The van der Waals surface area contributed by atoms with Crippen molar-refractivity contribution in [1.82, 2.24) is 5.32 Å². The van der Waals surface area contributed by atoms with Gasteiger partial charge in [-0.1, -0.05) is 24.3 Å². The first-order chi connectivity index (χ1) is 17.7. The van der Waals surface area contributed by atoms with Crippen molar-refractivity contribution >= 4 is 26.9 Å². The molecular weight excluding hydrogens is 543 g/mol. The van der Waals surface area contributed by atoms with Crippen molar-refractivity contribution in [3.05, 3.63) is 71.8 Å². The molecule has 0 radical (unpaired) electrons. The molecule has 204 valence electrons. The third-order valence-corrected chi connectivity index (χ3v) is 8.07. The highest BCUT2D eigenvalue weighted by Crippen LogP contribution is 2.47. The molecule has 1 amide bonds. The maximum Gasteiger partial charge on any atom is 0.485 e. The van der Waals surface area contributed by atoms with E-state index in [4.69, 9.17) is 22.4 Å². The largest absolute Gasteiger partial charge is 0.741 e. The Bertz CT molecular complexity index is 1360. The Hall–Kier alpha value is -3.22. The maximum absolute atomic E-state index is 11.2. The fraction of sp³-hybridized carbons (Fsp3) is 0.269. The van der Waals surface area contributed by atoms with Crippen LogP contribution in [-0.4, -0.2) is 37.0 Å². The minimum atomic E-state index is -6.09. The average molecular weight is 570 g/mol. The maximum atomic E-state index is 11.2. The minimum absolute atomic E-state index is 0.0444. The first kappa shape index (κ1) is 29.3. The highest BCUT2D eigenvalue weighted by atomic mass is 32.2. The standard InChI is InChI=1S/C25H25NO3S.CHF3O3S/c1-16-13-20(14-17(2)25(16)28-15-18(3)26-19(4)27)30-23-11-7-5-9-21(23)29-22-10-6-8-12-24(22)30;2-1(3,4)8(5,6)7/h5-14,18H,15H2,1-4H3;(H,5,6,7). The van der Waals surface area contributed by atoms with Gasteiger partial charge in [-0.05, 0) is 56.2 Å². The number of benzene rings is 3. The van der Waals surface area contributed by atoms with Gasteiger partial charge in [0.05, 0.1) is 6.04 Å². The van der Waals surface area contributed by atoms with Gasteiger partial charge < -0.3 is 19.3 Å². The minimum Gasteiger partial charge on any atom is -0.741 e. The summed E-state index contributed by atoms with van der Waals surface area (Å²) in [4.78, 5) is 14.9. The van der Waals surface area contributed by atoms with E-state index in [1.807, 2.05) is 31.2 Å². The van der Waals surface area contributed by atoms with Crippen LogP contribution in [0.15, 0.2) is 75.4 Å². The van der Waals surface area contributed by atoms with E-state index in [0.29, 0.717) is 6.61 Å². The zero-order valence-corrected chi connectivity index (χ0v) is 22.6. The molecule has 1 aliphatic heterocycles. The number of hydrogen-bond donors (Lipinski definition) is 1. The Labute approximate surface area is 222 Å². The van der Waals surface area contributed by atoms with Crippen molar-refractivity contribution in [1.29, 1.82) is 0 Å². The van der Waals surface area contributed by atoms with E-state index in [9.17, 15) is 18.0 Å². The lowest BCUT2D eigenvalue weighted by Crippen LogP contribution is -2.35. The van der Waals surface area contributed by atoms with E-state index in [1.54, 1.807) is 0 Å². The summed E-state index contributed by atoms with van der Waals surface area (Å²) in [6.07, 6.45) is 0. The Morgan fingerprint density at radius 3 is 1.89 bits per heavy atom. The Morgan fingerprint density at radius 2 is 1.47 bits per heavy atom. The molecule has 3 aromatic carbocycles. The van der Waals surface area contributed by atoms with Crippen LogP contribution in [0.5, 0.6) is 17.2 Å². The smallest absolute Gasteiger partial charge is 0.485 e. The predicted octanol–water partition coefficient (Wildman–Crippen LogP) is 5.46. The summed E-state index contributed by atoms with van der Waals surface area (Å²) >= 11 is 0. The summed E-state index contributed by atoms with van der Waals surface area (Å²) in [7, 11) is -6.34. The Kier molecular flexibility index (Phi) is 9.01. The van der Waals surface area contributed by atoms with Crippen LogP contribution in [0.2, 0.25) is 0 Å². The molecule has 3 aromatic rings. The van der Waals surface area contributed by atoms with Crippen molar-refractivity contribution < 1.29 is 40.4 Å². The summed E-state index contributed by atoms with van der Waals surface area (Å²) in [6, 6.07) is 20.9. The highest BCUT2D eigenvalue weighted by Gasteiger charge is 2.39. The van der Waals surface area contributed by atoms with E-state index in [-0.39, 0.29) is 22.8 Å². The van der Waals surface area contributed by atoms with Crippen LogP contribution >= 0.6 is 0 Å². The monoisotopic (exact) mass is 569 g/mol. The zero-order valence-electron chi connectivity index (χ0n) is 21.0. The number of rotatable bonds is 5. The normalized spacial score (nSPS) is 13.7. The number of aryl methyl sites for hydroxylation is 2. The van der Waals surface area contributed by atoms with Crippen LogP contribution in [0.1, 0.15) is 25.0 Å². The summed E-state index contributed by atoms with van der Waals surface area (Å²) in [5.41, 5.74) is -3.46. The SMILES string of the molecule is CC(=O)NC(C)COc1c(C)cc([S+]2c3ccccc3Oc3ccccc32)cc1C.O=S(=O)([O-])C(F)(F)F. The molecule has 0 bridgehead atoms. The number of nitrogens with one attached hydrogen (secondary N) is 1. The van der Waals surface area contributed by atoms with E-state index in [1.165, 1.54) is 21.6 Å². The van der Waals surface area contributed by atoms with Gasteiger partial charge >= 0.3 is 5.51 Å². The van der Waals surface area contributed by atoms with Crippen LogP contribution in [-0.2, 0) is 25.8 Å². The predicted molar refractivity (Wildman–Crippen MR) is 136 cm³/mol. The molecule has 12 heteroatoms. The molecule has 0 aromatic heterocycles. The lowest BCUT2D eigenvalue weighted by Gasteiger charge is -2.21. The number of amides is 1. The summed E-state index contributed by atoms with van der Waals surface area (Å²) < 4.78 is 71.1. The summed E-state index contributed by atoms with van der Waals surface area (Å²) in [6.45, 7) is 8.06. The van der Waals surface area contributed by atoms with Crippen LogP contribution in [0.25, 0.3) is 0 Å². The molecule has 0 saturated carbocycles. The van der Waals surface area contributed by atoms with Gasteiger partial charge in [0.25, 0.3) is 0 Å². The van der Waals surface area contributed by atoms with Gasteiger partial charge in [-0.15, -0.1) is 0 Å². The molecule has 1 heterocycles. The zero-order chi connectivity index (χ0) is 28.3. The molecule has 1 aliphatic rings. The van der Waals surface area contributed by atoms with Crippen molar-refractivity contribution in [2.45, 2.75) is 53.9 Å². The Morgan fingerprint density at radius 1 is 1.03 bits per heavy atom. The molecule has 38 heavy (non-hydrogen) atoms. The van der Waals surface area contributed by atoms with Crippen LogP contribution in [0.4, 0.5) is 13.2 Å². The van der Waals surface area contributed by atoms with E-state index >= 15 is 0 Å². The fourth-order valence-electron chi connectivity index (χ4n) is 3.75. The van der Waals surface area contributed by atoms with E-state index < -0.39 is 15.6 Å². The van der Waals surface area contributed by atoms with Crippen LogP contribution < -0.4 is 14.8 Å². The molecule has 0 spiro atoms. The van der Waals surface area contributed by atoms with Crippen molar-refractivity contribution in [3.63, 3.8) is 0 Å². The van der Waals surface area contributed by atoms with Crippen LogP contribution in [0.3, 0.4) is 0 Å². The quantitative estimate of drug-likeness (QED) is 0.195. The number of carbonyl (C=O) groups excluding carboxylic acids is 1. The van der Waals surface area contributed by atoms with Crippen molar-refractivity contribution in [3.8, 4) is 17.2 Å². The second kappa shape index (κ2) is 11.7. The van der Waals surface area contributed by atoms with Gasteiger partial charge in [0, 0.05) is 19.1 Å². The molecular formula is C26H26F3NO6S2. The highest BCUT2D eigenvalue weighted by molar-refractivity contribution is 7.97. The molecule has 4 rings (SSSR count). The van der Waals surface area contributed by atoms with Gasteiger partial charge in [0.1, 0.15) is 23.3 Å². The number of hydrogen-bond acceptors (Lipinski definition) is 6. The molecule has 0 saturated heterocycles. The van der Waals surface area contributed by atoms with Gasteiger partial charge in [-0.25, -0.2) is 8.42 Å². The lowest BCUT2D eigenvalue weighted by molar-refractivity contribution is -0.119. The molecule has 0 fully saturated rings. The van der Waals surface area contributed by atoms with Gasteiger partial charge in [0.2, 0.25) is 15.7 Å². The number of ether oxygens (including phenoxy) is 2. The first-order valence-corrected chi connectivity index (χ1v) is 14.0.